The fourth-order valence-electron chi connectivity index (χ4n) is 3.89. The van der Waals surface area contributed by atoms with Crippen LogP contribution in [0.5, 0.6) is 11.5 Å². The van der Waals surface area contributed by atoms with E-state index in [4.69, 9.17) is 26.2 Å². The third kappa shape index (κ3) is 3.38. The Kier molecular flexibility index (Phi) is 4.72. The van der Waals surface area contributed by atoms with Crippen LogP contribution in [0.15, 0.2) is 76.3 Å². The number of hydrogen-bond donors (Lipinski definition) is 0. The van der Waals surface area contributed by atoms with Crippen molar-refractivity contribution in [2.45, 2.75) is 18.7 Å². The Morgan fingerprint density at radius 1 is 1.10 bits per heavy atom. The van der Waals surface area contributed by atoms with Gasteiger partial charge in [-0.25, -0.2) is 5.01 Å². The molecule has 0 radical (unpaired) electrons. The SMILES string of the molecule is COc1cccc([C@H]2Oc3ccc(Cl)cc3[C@@H]3CC(c4ccc(Br)cc4)=NN23)c1. The van der Waals surface area contributed by atoms with Gasteiger partial charge in [-0.05, 0) is 48.0 Å². The molecule has 2 heterocycles. The molecule has 0 amide bonds. The standard InChI is InChI=1S/C23H18BrClN2O2/c1-28-18-4-2-3-15(11-18)23-27-21(19-12-17(25)9-10-22(19)29-23)13-20(26-27)14-5-7-16(24)8-6-14/h2-12,21,23H,13H2,1H3/t21-,23+/m0/s1. The first kappa shape index (κ1) is 18.5. The highest BCUT2D eigenvalue weighted by molar-refractivity contribution is 9.10. The maximum atomic E-state index is 6.39. The molecule has 4 nitrogen and oxygen atoms in total. The van der Waals surface area contributed by atoms with Gasteiger partial charge in [0.25, 0.3) is 0 Å². The lowest BCUT2D eigenvalue weighted by Crippen LogP contribution is -2.33. The first-order valence-electron chi connectivity index (χ1n) is 9.34. The lowest BCUT2D eigenvalue weighted by atomic mass is 9.96. The maximum absolute atomic E-state index is 6.39. The van der Waals surface area contributed by atoms with Gasteiger partial charge in [-0.2, -0.15) is 5.10 Å². The second-order valence-electron chi connectivity index (χ2n) is 7.08. The third-order valence-electron chi connectivity index (χ3n) is 5.31. The highest BCUT2D eigenvalue weighted by Gasteiger charge is 2.41. The molecule has 3 aromatic carbocycles. The molecule has 2 aliphatic heterocycles. The van der Waals surface area contributed by atoms with Crippen LogP contribution in [-0.4, -0.2) is 17.8 Å². The minimum atomic E-state index is -0.336. The van der Waals surface area contributed by atoms with E-state index in [1.54, 1.807) is 7.11 Å². The van der Waals surface area contributed by atoms with Crippen molar-refractivity contribution in [3.05, 3.63) is 92.9 Å². The van der Waals surface area contributed by atoms with Crippen molar-refractivity contribution >= 4 is 33.2 Å². The highest BCUT2D eigenvalue weighted by Crippen LogP contribution is 2.48. The van der Waals surface area contributed by atoms with Crippen molar-refractivity contribution in [2.75, 3.05) is 7.11 Å². The molecular formula is C23H18BrClN2O2. The summed E-state index contributed by atoms with van der Waals surface area (Å²) >= 11 is 9.80. The van der Waals surface area contributed by atoms with E-state index in [9.17, 15) is 0 Å². The Balaban J connectivity index is 1.60. The van der Waals surface area contributed by atoms with Crippen molar-refractivity contribution in [2.24, 2.45) is 5.10 Å². The third-order valence-corrected chi connectivity index (χ3v) is 6.07. The molecule has 6 heteroatoms. The zero-order valence-electron chi connectivity index (χ0n) is 15.7. The van der Waals surface area contributed by atoms with Crippen LogP contribution in [0.25, 0.3) is 0 Å². The molecule has 0 bridgehead atoms. The first-order valence-corrected chi connectivity index (χ1v) is 10.5. The number of ether oxygens (including phenoxy) is 2. The zero-order valence-corrected chi connectivity index (χ0v) is 18.0. The molecule has 2 atom stereocenters. The summed E-state index contributed by atoms with van der Waals surface area (Å²) in [6.07, 6.45) is 0.454. The number of halogens is 2. The molecule has 5 rings (SSSR count). The molecule has 2 aliphatic rings. The van der Waals surface area contributed by atoms with Crippen molar-refractivity contribution in [1.29, 1.82) is 0 Å². The predicted molar refractivity (Wildman–Crippen MR) is 118 cm³/mol. The van der Waals surface area contributed by atoms with E-state index in [0.717, 1.165) is 44.8 Å². The Morgan fingerprint density at radius 3 is 2.72 bits per heavy atom. The number of methoxy groups -OCH3 is 1. The topological polar surface area (TPSA) is 34.1 Å². The number of benzene rings is 3. The van der Waals surface area contributed by atoms with Gasteiger partial charge in [-0.15, -0.1) is 0 Å². The Labute approximate surface area is 182 Å². The number of nitrogens with zero attached hydrogens (tertiary/aromatic N) is 2. The molecule has 0 saturated carbocycles. The van der Waals surface area contributed by atoms with Gasteiger partial charge < -0.3 is 9.47 Å². The molecule has 0 aliphatic carbocycles. The summed E-state index contributed by atoms with van der Waals surface area (Å²) in [6.45, 7) is 0. The van der Waals surface area contributed by atoms with Crippen molar-refractivity contribution < 1.29 is 9.47 Å². The van der Waals surface area contributed by atoms with Crippen LogP contribution in [0.4, 0.5) is 0 Å². The van der Waals surface area contributed by atoms with Crippen LogP contribution in [0.3, 0.4) is 0 Å². The van der Waals surface area contributed by atoms with Gasteiger partial charge in [0, 0.05) is 27.0 Å². The first-order chi connectivity index (χ1) is 14.1. The van der Waals surface area contributed by atoms with Gasteiger partial charge in [0.1, 0.15) is 11.5 Å². The minimum Gasteiger partial charge on any atom is -0.497 e. The molecule has 0 unspecified atom stereocenters. The van der Waals surface area contributed by atoms with E-state index in [0.29, 0.717) is 5.02 Å². The number of rotatable bonds is 3. The summed E-state index contributed by atoms with van der Waals surface area (Å²) in [7, 11) is 1.67. The van der Waals surface area contributed by atoms with Crippen LogP contribution in [0.1, 0.15) is 35.4 Å². The van der Waals surface area contributed by atoms with Gasteiger partial charge in [0.05, 0.1) is 18.9 Å². The average Bonchev–Trinajstić information content (AvgIpc) is 3.19. The van der Waals surface area contributed by atoms with E-state index < -0.39 is 0 Å². The Bertz CT molecular complexity index is 1100. The zero-order chi connectivity index (χ0) is 20.0. The van der Waals surface area contributed by atoms with Crippen LogP contribution in [-0.2, 0) is 0 Å². The Hall–Kier alpha value is -2.50. The number of hydrogen-bond acceptors (Lipinski definition) is 4. The molecule has 29 heavy (non-hydrogen) atoms. The van der Waals surface area contributed by atoms with Gasteiger partial charge in [0.2, 0.25) is 6.23 Å². The summed E-state index contributed by atoms with van der Waals surface area (Å²) in [4.78, 5) is 0. The average molecular weight is 470 g/mol. The van der Waals surface area contributed by atoms with E-state index >= 15 is 0 Å². The van der Waals surface area contributed by atoms with E-state index in [2.05, 4.69) is 28.1 Å². The van der Waals surface area contributed by atoms with Gasteiger partial charge in [-0.3, -0.25) is 0 Å². The monoisotopic (exact) mass is 468 g/mol. The molecule has 0 spiro atoms. The second kappa shape index (κ2) is 7.39. The van der Waals surface area contributed by atoms with Crippen molar-refractivity contribution in [3.8, 4) is 11.5 Å². The summed E-state index contributed by atoms with van der Waals surface area (Å²) in [5, 5.41) is 7.72. The summed E-state index contributed by atoms with van der Waals surface area (Å²) in [5.41, 5.74) is 4.20. The lowest BCUT2D eigenvalue weighted by molar-refractivity contribution is -0.0191. The highest BCUT2D eigenvalue weighted by atomic mass is 79.9. The van der Waals surface area contributed by atoms with Crippen molar-refractivity contribution in [3.63, 3.8) is 0 Å². The fourth-order valence-corrected chi connectivity index (χ4v) is 4.33. The number of fused-ring (bicyclic) bond motifs is 3. The minimum absolute atomic E-state index is 0.0623. The lowest BCUT2D eigenvalue weighted by Gasteiger charge is -2.38. The largest absolute Gasteiger partial charge is 0.497 e. The van der Waals surface area contributed by atoms with E-state index in [1.807, 2.05) is 59.6 Å². The molecule has 0 fully saturated rings. The smallest absolute Gasteiger partial charge is 0.214 e. The fraction of sp³-hybridized carbons (Fsp3) is 0.174. The molecule has 146 valence electrons. The quantitative estimate of drug-likeness (QED) is 0.448. The molecule has 0 N–H and O–H groups in total. The van der Waals surface area contributed by atoms with Gasteiger partial charge in [-0.1, -0.05) is 51.8 Å². The van der Waals surface area contributed by atoms with Gasteiger partial charge >= 0.3 is 0 Å². The number of hydrazone groups is 1. The summed E-state index contributed by atoms with van der Waals surface area (Å²) < 4.78 is 12.8. The maximum Gasteiger partial charge on any atom is 0.214 e. The summed E-state index contributed by atoms with van der Waals surface area (Å²) in [5.74, 6) is 1.64. The van der Waals surface area contributed by atoms with Gasteiger partial charge in [0.15, 0.2) is 0 Å². The Morgan fingerprint density at radius 2 is 1.93 bits per heavy atom. The van der Waals surface area contributed by atoms with E-state index in [1.165, 1.54) is 0 Å². The van der Waals surface area contributed by atoms with Crippen molar-refractivity contribution in [1.82, 2.24) is 5.01 Å². The normalized spacial score (nSPS) is 19.8. The molecule has 3 aromatic rings. The van der Waals surface area contributed by atoms with Crippen LogP contribution >= 0.6 is 27.5 Å². The van der Waals surface area contributed by atoms with Crippen LogP contribution < -0.4 is 9.47 Å². The van der Waals surface area contributed by atoms with E-state index in [-0.39, 0.29) is 12.3 Å². The second-order valence-corrected chi connectivity index (χ2v) is 8.43. The summed E-state index contributed by atoms with van der Waals surface area (Å²) in [6, 6.07) is 22.0. The van der Waals surface area contributed by atoms with Crippen LogP contribution in [0.2, 0.25) is 5.02 Å². The predicted octanol–water partition coefficient (Wildman–Crippen LogP) is 6.35. The molecule has 0 saturated heterocycles. The van der Waals surface area contributed by atoms with Crippen LogP contribution in [0, 0.1) is 0 Å². The molecule has 0 aromatic heterocycles. The molecular weight excluding hydrogens is 452 g/mol.